The molecule has 1 aliphatic rings. The molecule has 1 aliphatic carbocycles. The second kappa shape index (κ2) is 9.14. The quantitative estimate of drug-likeness (QED) is 0.719. The summed E-state index contributed by atoms with van der Waals surface area (Å²) < 4.78 is 0. The van der Waals surface area contributed by atoms with Gasteiger partial charge in [0.1, 0.15) is 5.01 Å². The Morgan fingerprint density at radius 3 is 2.68 bits per heavy atom. The van der Waals surface area contributed by atoms with E-state index in [9.17, 15) is 4.79 Å². The van der Waals surface area contributed by atoms with Gasteiger partial charge in [-0.2, -0.15) is 0 Å². The fourth-order valence-corrected chi connectivity index (χ4v) is 4.39. The first-order valence-electron chi connectivity index (χ1n) is 9.53. The first-order chi connectivity index (χ1) is 12.3. The van der Waals surface area contributed by atoms with Crippen LogP contribution in [-0.2, 0) is 11.3 Å². The van der Waals surface area contributed by atoms with Crippen LogP contribution in [0.1, 0.15) is 56.9 Å². The number of amides is 1. The molecule has 4 heteroatoms. The highest BCUT2D eigenvalue weighted by atomic mass is 32.1. The minimum Gasteiger partial charge on any atom is -0.349 e. The number of nitrogens with one attached hydrogen (secondary N) is 1. The maximum atomic E-state index is 12.4. The van der Waals surface area contributed by atoms with Gasteiger partial charge in [0.2, 0.25) is 5.91 Å². The second-order valence-electron chi connectivity index (χ2n) is 7.07. The average Bonchev–Trinajstić information content (AvgIpc) is 3.14. The number of rotatable bonds is 7. The summed E-state index contributed by atoms with van der Waals surface area (Å²) in [5.74, 6) is 1.26. The Labute approximate surface area is 154 Å². The molecular formula is C21H28N2OS. The lowest BCUT2D eigenvalue weighted by Gasteiger charge is -2.27. The van der Waals surface area contributed by atoms with Crippen molar-refractivity contribution in [2.45, 2.75) is 58.4 Å². The van der Waals surface area contributed by atoms with Crippen LogP contribution in [0.15, 0.2) is 35.7 Å². The summed E-state index contributed by atoms with van der Waals surface area (Å²) in [6, 6.07) is 10.2. The van der Waals surface area contributed by atoms with Crippen LogP contribution in [0.5, 0.6) is 0 Å². The van der Waals surface area contributed by atoms with Gasteiger partial charge in [-0.1, -0.05) is 56.5 Å². The molecular weight excluding hydrogens is 328 g/mol. The lowest BCUT2D eigenvalue weighted by molar-refractivity contribution is -0.126. The van der Waals surface area contributed by atoms with Crippen LogP contribution < -0.4 is 5.32 Å². The van der Waals surface area contributed by atoms with Crippen LogP contribution in [0, 0.1) is 11.8 Å². The Hall–Kier alpha value is -1.68. The predicted octanol–water partition coefficient (Wildman–Crippen LogP) is 5.42. The van der Waals surface area contributed by atoms with Gasteiger partial charge in [-0.25, -0.2) is 4.98 Å². The standard InChI is InChI=1S/C21H28N2OS/c1-2-3-7-16-10-12-18(13-11-16)21(24)22-14-20-23-19(15-25-20)17-8-5-4-6-9-17/h4-6,8-9,15-16,18H,2-3,7,10-14H2,1H3,(H,22,24). The maximum absolute atomic E-state index is 12.4. The van der Waals surface area contributed by atoms with Gasteiger partial charge in [0.25, 0.3) is 0 Å². The minimum absolute atomic E-state index is 0.200. The van der Waals surface area contributed by atoms with Gasteiger partial charge in [-0.15, -0.1) is 11.3 Å². The molecule has 1 aromatic carbocycles. The van der Waals surface area contributed by atoms with Crippen LogP contribution in [0.4, 0.5) is 0 Å². The zero-order valence-corrected chi connectivity index (χ0v) is 15.9. The van der Waals surface area contributed by atoms with E-state index in [2.05, 4.69) is 34.7 Å². The summed E-state index contributed by atoms with van der Waals surface area (Å²) in [4.78, 5) is 17.1. The van der Waals surface area contributed by atoms with Crippen LogP contribution in [0.25, 0.3) is 11.3 Å². The molecule has 2 aromatic rings. The van der Waals surface area contributed by atoms with Crippen LogP contribution in [0.2, 0.25) is 0 Å². The number of hydrogen-bond acceptors (Lipinski definition) is 3. The number of benzene rings is 1. The van der Waals surface area contributed by atoms with Crippen molar-refractivity contribution in [3.05, 3.63) is 40.7 Å². The molecule has 1 N–H and O–H groups in total. The monoisotopic (exact) mass is 356 g/mol. The van der Waals surface area contributed by atoms with Crippen molar-refractivity contribution in [2.75, 3.05) is 0 Å². The number of thiazole rings is 1. The van der Waals surface area contributed by atoms with E-state index in [1.165, 1.54) is 32.1 Å². The summed E-state index contributed by atoms with van der Waals surface area (Å²) in [6.45, 7) is 2.80. The molecule has 1 amide bonds. The number of unbranched alkanes of at least 4 members (excludes halogenated alkanes) is 1. The lowest BCUT2D eigenvalue weighted by Crippen LogP contribution is -2.32. The lowest BCUT2D eigenvalue weighted by atomic mass is 9.79. The van der Waals surface area contributed by atoms with E-state index in [0.29, 0.717) is 6.54 Å². The van der Waals surface area contributed by atoms with Gasteiger partial charge in [0, 0.05) is 16.9 Å². The van der Waals surface area contributed by atoms with E-state index in [-0.39, 0.29) is 11.8 Å². The van der Waals surface area contributed by atoms with Crippen molar-refractivity contribution in [2.24, 2.45) is 11.8 Å². The third-order valence-electron chi connectivity index (χ3n) is 5.22. The fraction of sp³-hybridized carbons (Fsp3) is 0.524. The molecule has 1 aromatic heterocycles. The van der Waals surface area contributed by atoms with Crippen LogP contribution in [0.3, 0.4) is 0 Å². The summed E-state index contributed by atoms with van der Waals surface area (Å²) in [5, 5.41) is 6.14. The van der Waals surface area contributed by atoms with Crippen molar-refractivity contribution in [1.82, 2.24) is 10.3 Å². The molecule has 3 nitrogen and oxygen atoms in total. The Morgan fingerprint density at radius 1 is 1.20 bits per heavy atom. The molecule has 0 aliphatic heterocycles. The average molecular weight is 357 g/mol. The highest BCUT2D eigenvalue weighted by molar-refractivity contribution is 7.09. The molecule has 0 spiro atoms. The van der Waals surface area contributed by atoms with Crippen LogP contribution in [-0.4, -0.2) is 10.9 Å². The van der Waals surface area contributed by atoms with Crippen molar-refractivity contribution in [1.29, 1.82) is 0 Å². The molecule has 1 fully saturated rings. The van der Waals surface area contributed by atoms with Crippen molar-refractivity contribution < 1.29 is 4.79 Å². The summed E-state index contributed by atoms with van der Waals surface area (Å²) in [7, 11) is 0. The van der Waals surface area contributed by atoms with E-state index in [4.69, 9.17) is 0 Å². The van der Waals surface area contributed by atoms with E-state index >= 15 is 0 Å². The predicted molar refractivity (Wildman–Crippen MR) is 104 cm³/mol. The molecule has 3 rings (SSSR count). The van der Waals surface area contributed by atoms with E-state index in [1.807, 2.05) is 18.2 Å². The van der Waals surface area contributed by atoms with Crippen molar-refractivity contribution in [3.63, 3.8) is 0 Å². The molecule has 0 unspecified atom stereocenters. The molecule has 0 radical (unpaired) electrons. The van der Waals surface area contributed by atoms with Gasteiger partial charge >= 0.3 is 0 Å². The number of hydrogen-bond donors (Lipinski definition) is 1. The zero-order valence-electron chi connectivity index (χ0n) is 15.0. The molecule has 134 valence electrons. The third kappa shape index (κ3) is 5.15. The normalized spacial score (nSPS) is 20.4. The highest BCUT2D eigenvalue weighted by Gasteiger charge is 2.25. The van der Waals surface area contributed by atoms with Crippen LogP contribution >= 0.6 is 11.3 Å². The van der Waals surface area contributed by atoms with E-state index in [0.717, 1.165) is 35.0 Å². The minimum atomic E-state index is 0.200. The summed E-state index contributed by atoms with van der Waals surface area (Å²) >= 11 is 1.62. The largest absolute Gasteiger partial charge is 0.349 e. The Bertz CT molecular complexity index is 660. The van der Waals surface area contributed by atoms with Crippen molar-refractivity contribution >= 4 is 17.2 Å². The second-order valence-corrected chi connectivity index (χ2v) is 8.01. The van der Waals surface area contributed by atoms with Gasteiger partial charge in [0.15, 0.2) is 0 Å². The fourth-order valence-electron chi connectivity index (χ4n) is 3.65. The summed E-state index contributed by atoms with van der Waals surface area (Å²) in [5.41, 5.74) is 2.12. The number of aromatic nitrogens is 1. The third-order valence-corrected chi connectivity index (χ3v) is 6.07. The Kier molecular flexibility index (Phi) is 6.62. The molecule has 0 atom stereocenters. The highest BCUT2D eigenvalue weighted by Crippen LogP contribution is 2.32. The first-order valence-corrected chi connectivity index (χ1v) is 10.4. The van der Waals surface area contributed by atoms with Gasteiger partial charge in [-0.05, 0) is 31.6 Å². The molecule has 25 heavy (non-hydrogen) atoms. The molecule has 1 heterocycles. The molecule has 0 bridgehead atoms. The number of nitrogens with zero attached hydrogens (tertiary/aromatic N) is 1. The number of carbonyl (C=O) groups excluding carboxylic acids is 1. The topological polar surface area (TPSA) is 42.0 Å². The number of carbonyl (C=O) groups is 1. The maximum Gasteiger partial charge on any atom is 0.223 e. The SMILES string of the molecule is CCCCC1CCC(C(=O)NCc2nc(-c3ccccc3)cs2)CC1. The van der Waals surface area contributed by atoms with Crippen molar-refractivity contribution in [3.8, 4) is 11.3 Å². The van der Waals surface area contributed by atoms with Gasteiger partial charge in [0.05, 0.1) is 12.2 Å². The Balaban J connectivity index is 1.45. The van der Waals surface area contributed by atoms with E-state index in [1.54, 1.807) is 11.3 Å². The first kappa shape index (κ1) is 18.1. The zero-order chi connectivity index (χ0) is 17.5. The van der Waals surface area contributed by atoms with Gasteiger partial charge in [-0.3, -0.25) is 4.79 Å². The summed E-state index contributed by atoms with van der Waals surface area (Å²) in [6.07, 6.45) is 8.47. The smallest absolute Gasteiger partial charge is 0.223 e. The van der Waals surface area contributed by atoms with Gasteiger partial charge < -0.3 is 5.32 Å². The molecule has 1 saturated carbocycles. The molecule has 0 saturated heterocycles. The Morgan fingerprint density at radius 2 is 1.96 bits per heavy atom. The van der Waals surface area contributed by atoms with E-state index < -0.39 is 0 Å².